The summed E-state index contributed by atoms with van der Waals surface area (Å²) in [5, 5.41) is 0. The van der Waals surface area contributed by atoms with Crippen LogP contribution in [0.1, 0.15) is 32.7 Å². The first-order valence-electron chi connectivity index (χ1n) is 5.58. The molecule has 90 valence electrons. The van der Waals surface area contributed by atoms with E-state index in [2.05, 4.69) is 35.5 Å². The Labute approximate surface area is 106 Å². The minimum Gasteiger partial charge on any atom is -0.271 e. The van der Waals surface area contributed by atoms with Crippen molar-refractivity contribution in [2.45, 2.75) is 26.8 Å². The summed E-state index contributed by atoms with van der Waals surface area (Å²) in [5.74, 6) is 5.68. The molecule has 2 rings (SSSR count). The summed E-state index contributed by atoms with van der Waals surface area (Å²) in [5.41, 5.74) is 6.08. The molecule has 4 heteroatoms. The summed E-state index contributed by atoms with van der Waals surface area (Å²) >= 11 is 1.76. The molecule has 0 amide bonds. The Balaban J connectivity index is 2.42. The number of rotatable bonds is 3. The van der Waals surface area contributed by atoms with Crippen LogP contribution in [0.25, 0.3) is 0 Å². The van der Waals surface area contributed by atoms with E-state index >= 15 is 0 Å². The van der Waals surface area contributed by atoms with Gasteiger partial charge in [0.25, 0.3) is 0 Å². The van der Waals surface area contributed by atoms with Crippen LogP contribution in [0.3, 0.4) is 0 Å². The van der Waals surface area contributed by atoms with Crippen LogP contribution in [-0.2, 0) is 0 Å². The van der Waals surface area contributed by atoms with E-state index in [1.807, 2.05) is 19.9 Å². The number of nitrogens with one attached hydrogen (secondary N) is 1. The highest BCUT2D eigenvalue weighted by atomic mass is 32.1. The van der Waals surface area contributed by atoms with E-state index in [9.17, 15) is 0 Å². The minimum atomic E-state index is 0.0294. The van der Waals surface area contributed by atoms with E-state index in [0.29, 0.717) is 0 Å². The maximum atomic E-state index is 5.68. The summed E-state index contributed by atoms with van der Waals surface area (Å²) < 4.78 is 0. The van der Waals surface area contributed by atoms with Gasteiger partial charge in [-0.15, -0.1) is 11.3 Å². The van der Waals surface area contributed by atoms with Crippen molar-refractivity contribution < 1.29 is 0 Å². The van der Waals surface area contributed by atoms with Gasteiger partial charge in [0.1, 0.15) is 0 Å². The Hall–Kier alpha value is -1.23. The average molecular weight is 247 g/mol. The van der Waals surface area contributed by atoms with E-state index in [1.54, 1.807) is 11.3 Å². The second-order valence-electron chi connectivity index (χ2n) is 4.18. The third kappa shape index (κ3) is 2.54. The topological polar surface area (TPSA) is 50.9 Å². The van der Waals surface area contributed by atoms with Crippen LogP contribution in [0.2, 0.25) is 0 Å². The fraction of sp³-hybridized carbons (Fsp3) is 0.308. The van der Waals surface area contributed by atoms with Gasteiger partial charge in [-0.1, -0.05) is 6.07 Å². The first-order valence-corrected chi connectivity index (χ1v) is 6.40. The molecule has 0 aliphatic rings. The Bertz CT molecular complexity index is 519. The number of aryl methyl sites for hydroxylation is 3. The smallest absolute Gasteiger partial charge is 0.0820 e. The van der Waals surface area contributed by atoms with E-state index in [1.165, 1.54) is 9.75 Å². The van der Waals surface area contributed by atoms with Crippen molar-refractivity contribution in [3.8, 4) is 0 Å². The number of hydrazine groups is 1. The molecular formula is C13H17N3S. The fourth-order valence-electron chi connectivity index (χ4n) is 1.94. The Kier molecular flexibility index (Phi) is 3.57. The Morgan fingerprint density at radius 2 is 1.94 bits per heavy atom. The largest absolute Gasteiger partial charge is 0.271 e. The number of aromatic nitrogens is 1. The number of thiophene rings is 1. The quantitative estimate of drug-likeness (QED) is 0.647. The molecule has 0 saturated heterocycles. The van der Waals surface area contributed by atoms with Gasteiger partial charge in [-0.05, 0) is 44.5 Å². The molecule has 1 unspecified atom stereocenters. The van der Waals surface area contributed by atoms with Crippen molar-refractivity contribution in [1.29, 1.82) is 0 Å². The van der Waals surface area contributed by atoms with Crippen molar-refractivity contribution in [2.75, 3.05) is 0 Å². The van der Waals surface area contributed by atoms with Gasteiger partial charge in [0.2, 0.25) is 0 Å². The van der Waals surface area contributed by atoms with E-state index < -0.39 is 0 Å². The molecule has 0 fully saturated rings. The lowest BCUT2D eigenvalue weighted by atomic mass is 10.0. The van der Waals surface area contributed by atoms with Crippen molar-refractivity contribution >= 4 is 11.3 Å². The summed E-state index contributed by atoms with van der Waals surface area (Å²) in [6.07, 6.45) is 0. The highest BCUT2D eigenvalue weighted by Crippen LogP contribution is 2.28. The maximum Gasteiger partial charge on any atom is 0.0820 e. The predicted octanol–water partition coefficient (Wildman–Crippen LogP) is 2.62. The van der Waals surface area contributed by atoms with Crippen molar-refractivity contribution in [2.24, 2.45) is 5.84 Å². The first-order chi connectivity index (χ1) is 8.11. The molecule has 1 atom stereocenters. The molecule has 0 aliphatic heterocycles. The predicted molar refractivity (Wildman–Crippen MR) is 71.9 cm³/mol. The zero-order valence-electron chi connectivity index (χ0n) is 10.3. The first kappa shape index (κ1) is 12.2. The number of pyridine rings is 1. The third-order valence-electron chi connectivity index (χ3n) is 2.79. The monoisotopic (exact) mass is 247 g/mol. The number of nitrogens with zero attached hydrogens (tertiary/aromatic N) is 1. The molecule has 3 N–H and O–H groups in total. The van der Waals surface area contributed by atoms with Gasteiger partial charge in [0.05, 0.1) is 6.04 Å². The van der Waals surface area contributed by atoms with Gasteiger partial charge in [0, 0.05) is 21.1 Å². The second kappa shape index (κ2) is 4.96. The summed E-state index contributed by atoms with van der Waals surface area (Å²) in [7, 11) is 0. The summed E-state index contributed by atoms with van der Waals surface area (Å²) in [6, 6.07) is 8.37. The normalized spacial score (nSPS) is 12.7. The molecular weight excluding hydrogens is 230 g/mol. The zero-order valence-corrected chi connectivity index (χ0v) is 11.1. The number of hydrogen-bond acceptors (Lipinski definition) is 4. The number of hydrogen-bond donors (Lipinski definition) is 2. The van der Waals surface area contributed by atoms with E-state index in [4.69, 9.17) is 5.84 Å². The van der Waals surface area contributed by atoms with Gasteiger partial charge >= 0.3 is 0 Å². The molecule has 0 aliphatic carbocycles. The second-order valence-corrected chi connectivity index (χ2v) is 5.49. The standard InChI is InChI=1S/C13H17N3S/c1-8-4-6-11(10(3)15-8)13(16-14)12-7-5-9(2)17-12/h4-7,13,16H,14H2,1-3H3. The van der Waals surface area contributed by atoms with Gasteiger partial charge in [-0.2, -0.15) is 0 Å². The third-order valence-corrected chi connectivity index (χ3v) is 3.85. The molecule has 0 aromatic carbocycles. The van der Waals surface area contributed by atoms with E-state index in [-0.39, 0.29) is 6.04 Å². The van der Waals surface area contributed by atoms with Crippen LogP contribution in [0.15, 0.2) is 24.3 Å². The van der Waals surface area contributed by atoms with Crippen molar-refractivity contribution in [1.82, 2.24) is 10.4 Å². The van der Waals surface area contributed by atoms with Gasteiger partial charge in [-0.3, -0.25) is 10.8 Å². The van der Waals surface area contributed by atoms with Crippen LogP contribution >= 0.6 is 11.3 Å². The Morgan fingerprint density at radius 1 is 1.18 bits per heavy atom. The molecule has 2 aromatic heterocycles. The lowest BCUT2D eigenvalue weighted by molar-refractivity contribution is 0.639. The maximum absolute atomic E-state index is 5.68. The highest BCUT2D eigenvalue weighted by Gasteiger charge is 2.16. The van der Waals surface area contributed by atoms with Crippen LogP contribution in [-0.4, -0.2) is 4.98 Å². The van der Waals surface area contributed by atoms with Crippen molar-refractivity contribution in [3.63, 3.8) is 0 Å². The van der Waals surface area contributed by atoms with Gasteiger partial charge in [0.15, 0.2) is 0 Å². The molecule has 0 bridgehead atoms. The lowest BCUT2D eigenvalue weighted by Gasteiger charge is -2.16. The molecule has 0 spiro atoms. The fourth-order valence-corrected chi connectivity index (χ4v) is 2.89. The highest BCUT2D eigenvalue weighted by molar-refractivity contribution is 7.12. The summed E-state index contributed by atoms with van der Waals surface area (Å²) in [6.45, 7) is 6.12. The molecule has 2 aromatic rings. The van der Waals surface area contributed by atoms with Crippen LogP contribution < -0.4 is 11.3 Å². The SMILES string of the molecule is Cc1ccc(C(NN)c2ccc(C)s2)c(C)n1. The zero-order chi connectivity index (χ0) is 12.4. The minimum absolute atomic E-state index is 0.0294. The number of nitrogens with two attached hydrogens (primary N) is 1. The molecule has 0 radical (unpaired) electrons. The van der Waals surface area contributed by atoms with Crippen molar-refractivity contribution in [3.05, 3.63) is 51.0 Å². The summed E-state index contributed by atoms with van der Waals surface area (Å²) in [4.78, 5) is 6.99. The molecule has 2 heterocycles. The van der Waals surface area contributed by atoms with Gasteiger partial charge < -0.3 is 0 Å². The molecule has 3 nitrogen and oxygen atoms in total. The van der Waals surface area contributed by atoms with E-state index in [0.717, 1.165) is 17.0 Å². The lowest BCUT2D eigenvalue weighted by Crippen LogP contribution is -2.29. The molecule has 0 saturated carbocycles. The average Bonchev–Trinajstić information content (AvgIpc) is 2.69. The Morgan fingerprint density at radius 3 is 2.47 bits per heavy atom. The van der Waals surface area contributed by atoms with Crippen LogP contribution in [0, 0.1) is 20.8 Å². The van der Waals surface area contributed by atoms with Gasteiger partial charge in [-0.25, -0.2) is 5.43 Å². The molecule has 17 heavy (non-hydrogen) atoms. The van der Waals surface area contributed by atoms with Crippen LogP contribution in [0.4, 0.5) is 0 Å². The van der Waals surface area contributed by atoms with Crippen LogP contribution in [0.5, 0.6) is 0 Å².